The lowest BCUT2D eigenvalue weighted by molar-refractivity contribution is -0.132. The maximum absolute atomic E-state index is 13.7. The number of piperazine rings is 1. The van der Waals surface area contributed by atoms with Gasteiger partial charge in [-0.25, -0.2) is 13.4 Å². The van der Waals surface area contributed by atoms with Crippen LogP contribution in [0, 0.1) is 6.92 Å². The van der Waals surface area contributed by atoms with E-state index in [-0.39, 0.29) is 17.2 Å². The van der Waals surface area contributed by atoms with E-state index in [1.165, 1.54) is 4.31 Å². The Hall–Kier alpha value is -3.23. The van der Waals surface area contributed by atoms with Crippen molar-refractivity contribution in [2.45, 2.75) is 30.7 Å². The monoisotopic (exact) mass is 490 g/mol. The van der Waals surface area contributed by atoms with Crippen LogP contribution in [-0.2, 0) is 21.2 Å². The van der Waals surface area contributed by atoms with E-state index >= 15 is 0 Å². The predicted molar refractivity (Wildman–Crippen MR) is 136 cm³/mol. The van der Waals surface area contributed by atoms with Crippen LogP contribution < -0.4 is 4.90 Å². The van der Waals surface area contributed by atoms with E-state index in [4.69, 9.17) is 0 Å². The van der Waals surface area contributed by atoms with Crippen LogP contribution >= 0.6 is 0 Å². The van der Waals surface area contributed by atoms with Crippen LogP contribution in [-0.4, -0.2) is 61.2 Å². The molecule has 8 heteroatoms. The summed E-state index contributed by atoms with van der Waals surface area (Å²) in [7, 11) is -3.75. The van der Waals surface area contributed by atoms with Gasteiger partial charge in [-0.3, -0.25) is 4.79 Å². The first-order valence-corrected chi connectivity index (χ1v) is 13.5. The third kappa shape index (κ3) is 4.81. The zero-order valence-corrected chi connectivity index (χ0v) is 20.7. The van der Waals surface area contributed by atoms with E-state index < -0.39 is 16.1 Å². The number of nitrogens with zero attached hydrogens (tertiary/aromatic N) is 4. The fourth-order valence-corrected chi connectivity index (χ4v) is 6.60. The summed E-state index contributed by atoms with van der Waals surface area (Å²) in [5.74, 6) is 0.896. The van der Waals surface area contributed by atoms with Gasteiger partial charge in [-0.1, -0.05) is 48.0 Å². The summed E-state index contributed by atoms with van der Waals surface area (Å²) >= 11 is 0. The van der Waals surface area contributed by atoms with Gasteiger partial charge in [-0.05, 0) is 48.7 Å². The Bertz CT molecular complexity index is 1290. The van der Waals surface area contributed by atoms with Crippen molar-refractivity contribution in [1.82, 2.24) is 14.2 Å². The van der Waals surface area contributed by atoms with Crippen molar-refractivity contribution in [2.24, 2.45) is 0 Å². The van der Waals surface area contributed by atoms with E-state index in [1.54, 1.807) is 18.3 Å². The minimum Gasteiger partial charge on any atom is -0.353 e. The van der Waals surface area contributed by atoms with Gasteiger partial charge in [0.25, 0.3) is 0 Å². The summed E-state index contributed by atoms with van der Waals surface area (Å²) in [4.78, 5) is 22.2. The van der Waals surface area contributed by atoms with Crippen molar-refractivity contribution in [3.8, 4) is 0 Å². The van der Waals surface area contributed by atoms with Gasteiger partial charge >= 0.3 is 0 Å². The molecule has 2 aromatic carbocycles. The summed E-state index contributed by atoms with van der Waals surface area (Å²) in [6.45, 7) is 4.88. The molecule has 1 saturated heterocycles. The number of fused-ring (bicyclic) bond motifs is 1. The molecule has 0 aliphatic carbocycles. The van der Waals surface area contributed by atoms with E-state index in [1.807, 2.05) is 66.4 Å². The molecule has 1 aromatic heterocycles. The highest BCUT2D eigenvalue weighted by Gasteiger charge is 2.38. The SMILES string of the molecule is Cc1ccc(S(=O)(=O)N2CCc3ccccc3[C@@H]2CC(=O)N2CCN(c3ccccn3)CC2)cc1. The third-order valence-corrected chi connectivity index (χ3v) is 8.89. The van der Waals surface area contributed by atoms with Crippen LogP contribution in [0.1, 0.15) is 29.2 Å². The van der Waals surface area contributed by atoms with E-state index in [9.17, 15) is 13.2 Å². The van der Waals surface area contributed by atoms with Gasteiger partial charge in [0.1, 0.15) is 5.82 Å². The number of amides is 1. The zero-order valence-electron chi connectivity index (χ0n) is 19.9. The first-order chi connectivity index (χ1) is 16.9. The van der Waals surface area contributed by atoms with Gasteiger partial charge in [-0.15, -0.1) is 0 Å². The van der Waals surface area contributed by atoms with Crippen molar-refractivity contribution in [3.05, 3.63) is 89.6 Å². The molecule has 0 radical (unpaired) electrons. The molecule has 7 nitrogen and oxygen atoms in total. The number of sulfonamides is 1. The number of aromatic nitrogens is 1. The summed E-state index contributed by atoms with van der Waals surface area (Å²) in [6.07, 6.45) is 2.54. The maximum atomic E-state index is 13.7. The van der Waals surface area contributed by atoms with Crippen molar-refractivity contribution in [1.29, 1.82) is 0 Å². The average molecular weight is 491 g/mol. The minimum absolute atomic E-state index is 0.0171. The highest BCUT2D eigenvalue weighted by molar-refractivity contribution is 7.89. The Morgan fingerprint density at radius 1 is 0.914 bits per heavy atom. The van der Waals surface area contributed by atoms with Crippen LogP contribution in [0.15, 0.2) is 77.8 Å². The van der Waals surface area contributed by atoms with E-state index in [0.29, 0.717) is 39.1 Å². The molecule has 0 N–H and O–H groups in total. The largest absolute Gasteiger partial charge is 0.353 e. The summed E-state index contributed by atoms with van der Waals surface area (Å²) in [5.41, 5.74) is 3.04. The average Bonchev–Trinajstić information content (AvgIpc) is 2.89. The molecule has 0 bridgehead atoms. The van der Waals surface area contributed by atoms with Crippen molar-refractivity contribution < 1.29 is 13.2 Å². The topological polar surface area (TPSA) is 73.8 Å². The number of hydrogen-bond acceptors (Lipinski definition) is 5. The fourth-order valence-electron chi connectivity index (χ4n) is 4.99. The lowest BCUT2D eigenvalue weighted by atomic mass is 9.92. The predicted octanol–water partition coefficient (Wildman–Crippen LogP) is 3.42. The van der Waals surface area contributed by atoms with Crippen LogP contribution in [0.4, 0.5) is 5.82 Å². The smallest absolute Gasteiger partial charge is 0.243 e. The van der Waals surface area contributed by atoms with Gasteiger partial charge in [-0.2, -0.15) is 4.31 Å². The zero-order chi connectivity index (χ0) is 24.4. The highest BCUT2D eigenvalue weighted by atomic mass is 32.2. The van der Waals surface area contributed by atoms with Crippen LogP contribution in [0.5, 0.6) is 0 Å². The molecule has 0 saturated carbocycles. The Labute approximate surface area is 207 Å². The molecule has 1 amide bonds. The second kappa shape index (κ2) is 9.79. The number of anilines is 1. The standard InChI is InChI=1S/C27H30N4O3S/c1-21-9-11-23(12-10-21)35(33,34)31-15-13-22-6-2-3-7-24(22)25(31)20-27(32)30-18-16-29(17-19-30)26-8-4-5-14-28-26/h2-12,14,25H,13,15-20H2,1H3/t25-/m0/s1. The molecule has 2 aliphatic rings. The normalized spacial score (nSPS) is 18.8. The van der Waals surface area contributed by atoms with Gasteiger partial charge in [0.05, 0.1) is 10.9 Å². The van der Waals surface area contributed by atoms with Crippen molar-refractivity contribution in [2.75, 3.05) is 37.6 Å². The summed E-state index contributed by atoms with van der Waals surface area (Å²) < 4.78 is 28.9. The molecular weight excluding hydrogens is 460 g/mol. The van der Waals surface area contributed by atoms with E-state index in [2.05, 4.69) is 9.88 Å². The number of carbonyl (C=O) groups excluding carboxylic acids is 1. The van der Waals surface area contributed by atoms with E-state index in [0.717, 1.165) is 22.5 Å². The lowest BCUT2D eigenvalue weighted by Gasteiger charge is -2.39. The van der Waals surface area contributed by atoms with Gasteiger partial charge in [0.15, 0.2) is 0 Å². The maximum Gasteiger partial charge on any atom is 0.243 e. The van der Waals surface area contributed by atoms with Gasteiger partial charge in [0.2, 0.25) is 15.9 Å². The highest BCUT2D eigenvalue weighted by Crippen LogP contribution is 2.37. The molecular formula is C27H30N4O3S. The Balaban J connectivity index is 1.36. The number of rotatable bonds is 5. The second-order valence-corrected chi connectivity index (χ2v) is 11.0. The fraction of sp³-hybridized carbons (Fsp3) is 0.333. The molecule has 0 unspecified atom stereocenters. The first kappa shape index (κ1) is 23.5. The number of pyridine rings is 1. The molecule has 1 atom stereocenters. The van der Waals surface area contributed by atoms with Gasteiger partial charge in [0, 0.05) is 45.3 Å². The molecule has 0 spiro atoms. The molecule has 3 heterocycles. The Morgan fingerprint density at radius 3 is 2.34 bits per heavy atom. The Kier molecular flexibility index (Phi) is 6.58. The summed E-state index contributed by atoms with van der Waals surface area (Å²) in [5, 5.41) is 0. The molecule has 182 valence electrons. The quantitative estimate of drug-likeness (QED) is 0.548. The number of carbonyl (C=O) groups is 1. The molecule has 3 aromatic rings. The van der Waals surface area contributed by atoms with Crippen molar-refractivity contribution in [3.63, 3.8) is 0 Å². The van der Waals surface area contributed by atoms with Crippen LogP contribution in [0.2, 0.25) is 0 Å². The number of benzene rings is 2. The van der Waals surface area contributed by atoms with Gasteiger partial charge < -0.3 is 9.80 Å². The molecule has 2 aliphatic heterocycles. The lowest BCUT2D eigenvalue weighted by Crippen LogP contribution is -2.50. The Morgan fingerprint density at radius 2 is 1.63 bits per heavy atom. The van der Waals surface area contributed by atoms with Crippen LogP contribution in [0.3, 0.4) is 0 Å². The number of aryl methyl sites for hydroxylation is 1. The first-order valence-electron chi connectivity index (χ1n) is 12.0. The van der Waals surface area contributed by atoms with Crippen LogP contribution in [0.25, 0.3) is 0 Å². The van der Waals surface area contributed by atoms with Crippen molar-refractivity contribution >= 4 is 21.7 Å². The summed E-state index contributed by atoms with van der Waals surface area (Å²) in [6, 6.07) is 20.1. The third-order valence-electron chi connectivity index (χ3n) is 6.96. The second-order valence-electron chi connectivity index (χ2n) is 9.15. The minimum atomic E-state index is -3.75. The number of hydrogen-bond donors (Lipinski definition) is 0. The molecule has 35 heavy (non-hydrogen) atoms. The molecule has 1 fully saturated rings. The molecule has 5 rings (SSSR count).